The van der Waals surface area contributed by atoms with Gasteiger partial charge in [-0.2, -0.15) is 0 Å². The highest BCUT2D eigenvalue weighted by atomic mass is 19.1. The number of benzene rings is 1. The molecule has 0 aromatic heterocycles. The van der Waals surface area contributed by atoms with Crippen molar-refractivity contribution in [3.63, 3.8) is 0 Å². The Bertz CT molecular complexity index is 394. The van der Waals surface area contributed by atoms with Gasteiger partial charge in [0.1, 0.15) is 5.82 Å². The molecule has 0 saturated heterocycles. The second-order valence-electron chi connectivity index (χ2n) is 5.86. The molecule has 100 valence electrons. The van der Waals surface area contributed by atoms with Crippen LogP contribution in [0.25, 0.3) is 0 Å². The minimum absolute atomic E-state index is 0.197. The minimum atomic E-state index is -0.276. The Hall–Kier alpha value is -0.890. The number of aryl methyl sites for hydroxylation is 1. The molecule has 2 rings (SSSR count). The summed E-state index contributed by atoms with van der Waals surface area (Å²) in [7, 11) is 0. The SMILES string of the molecule is Cc1cc(F)ccc1CC(O)C1CCC(C)CC1. The molecular weight excluding hydrogens is 227 g/mol. The number of aliphatic hydroxyl groups excluding tert-OH is 1. The molecule has 0 spiro atoms. The van der Waals surface area contributed by atoms with E-state index in [1.54, 1.807) is 12.1 Å². The summed E-state index contributed by atoms with van der Waals surface area (Å²) in [5.74, 6) is 1.03. The molecule has 0 bridgehead atoms. The second-order valence-corrected chi connectivity index (χ2v) is 5.86. The Morgan fingerprint density at radius 2 is 1.94 bits per heavy atom. The predicted octanol–water partition coefficient (Wildman–Crippen LogP) is 3.86. The van der Waals surface area contributed by atoms with E-state index < -0.39 is 0 Å². The summed E-state index contributed by atoms with van der Waals surface area (Å²) in [6, 6.07) is 4.84. The van der Waals surface area contributed by atoms with Crippen molar-refractivity contribution in [1.29, 1.82) is 0 Å². The molecule has 1 fully saturated rings. The van der Waals surface area contributed by atoms with Crippen LogP contribution in [0.5, 0.6) is 0 Å². The van der Waals surface area contributed by atoms with E-state index in [1.165, 1.54) is 18.9 Å². The smallest absolute Gasteiger partial charge is 0.123 e. The molecule has 1 aromatic rings. The first-order chi connectivity index (χ1) is 8.56. The molecule has 0 radical (unpaired) electrons. The lowest BCUT2D eigenvalue weighted by Crippen LogP contribution is -2.27. The largest absolute Gasteiger partial charge is 0.392 e. The first kappa shape index (κ1) is 13.5. The number of hydrogen-bond acceptors (Lipinski definition) is 1. The van der Waals surface area contributed by atoms with E-state index in [0.717, 1.165) is 29.9 Å². The van der Waals surface area contributed by atoms with Crippen molar-refractivity contribution in [2.75, 3.05) is 0 Å². The van der Waals surface area contributed by atoms with Crippen LogP contribution >= 0.6 is 0 Å². The zero-order valence-corrected chi connectivity index (χ0v) is 11.3. The van der Waals surface area contributed by atoms with E-state index in [1.807, 2.05) is 6.92 Å². The monoisotopic (exact) mass is 250 g/mol. The molecule has 1 aliphatic rings. The number of aliphatic hydroxyl groups is 1. The van der Waals surface area contributed by atoms with Crippen LogP contribution in [0.2, 0.25) is 0 Å². The third-order valence-electron chi connectivity index (χ3n) is 4.34. The van der Waals surface area contributed by atoms with Crippen molar-refractivity contribution in [1.82, 2.24) is 0 Å². The van der Waals surface area contributed by atoms with Crippen LogP contribution < -0.4 is 0 Å². The van der Waals surface area contributed by atoms with E-state index in [4.69, 9.17) is 0 Å². The highest BCUT2D eigenvalue weighted by Crippen LogP contribution is 2.31. The topological polar surface area (TPSA) is 20.2 Å². The summed E-state index contributed by atoms with van der Waals surface area (Å²) in [6.07, 6.45) is 5.09. The Morgan fingerprint density at radius 3 is 2.56 bits per heavy atom. The summed E-state index contributed by atoms with van der Waals surface area (Å²) in [5.41, 5.74) is 2.01. The maximum atomic E-state index is 13.0. The Kier molecular flexibility index (Phi) is 4.39. The lowest BCUT2D eigenvalue weighted by atomic mass is 9.78. The van der Waals surface area contributed by atoms with Gasteiger partial charge >= 0.3 is 0 Å². The van der Waals surface area contributed by atoms with Gasteiger partial charge in [0.2, 0.25) is 0 Å². The molecule has 1 aliphatic carbocycles. The van der Waals surface area contributed by atoms with E-state index in [9.17, 15) is 9.50 Å². The first-order valence-electron chi connectivity index (χ1n) is 6.99. The molecule has 1 aromatic carbocycles. The molecule has 1 N–H and O–H groups in total. The number of halogens is 1. The molecule has 0 amide bonds. The van der Waals surface area contributed by atoms with Crippen molar-refractivity contribution < 1.29 is 9.50 Å². The first-order valence-corrected chi connectivity index (χ1v) is 6.99. The molecular formula is C16H23FO. The van der Waals surface area contributed by atoms with Gasteiger partial charge in [-0.3, -0.25) is 0 Å². The van der Waals surface area contributed by atoms with Gasteiger partial charge in [0, 0.05) is 0 Å². The van der Waals surface area contributed by atoms with E-state index in [0.29, 0.717) is 12.3 Å². The van der Waals surface area contributed by atoms with Crippen LogP contribution in [0.4, 0.5) is 4.39 Å². The van der Waals surface area contributed by atoms with Crippen LogP contribution in [0.15, 0.2) is 18.2 Å². The van der Waals surface area contributed by atoms with Crippen LogP contribution in [0, 0.1) is 24.6 Å². The number of hydrogen-bond donors (Lipinski definition) is 1. The van der Waals surface area contributed by atoms with E-state index >= 15 is 0 Å². The molecule has 2 heteroatoms. The fraction of sp³-hybridized carbons (Fsp3) is 0.625. The quantitative estimate of drug-likeness (QED) is 0.863. The highest BCUT2D eigenvalue weighted by molar-refractivity contribution is 5.27. The summed E-state index contributed by atoms with van der Waals surface area (Å²) in [4.78, 5) is 0. The van der Waals surface area contributed by atoms with Gasteiger partial charge in [-0.25, -0.2) is 4.39 Å². The molecule has 1 saturated carbocycles. The zero-order valence-electron chi connectivity index (χ0n) is 11.3. The average molecular weight is 250 g/mol. The third-order valence-corrected chi connectivity index (χ3v) is 4.34. The average Bonchev–Trinajstić information content (AvgIpc) is 2.33. The maximum Gasteiger partial charge on any atom is 0.123 e. The Labute approximate surface area is 109 Å². The van der Waals surface area contributed by atoms with Gasteiger partial charge in [-0.05, 0) is 61.3 Å². The lowest BCUT2D eigenvalue weighted by molar-refractivity contribution is 0.0759. The zero-order chi connectivity index (χ0) is 13.1. The Balaban J connectivity index is 1.96. The van der Waals surface area contributed by atoms with Gasteiger partial charge < -0.3 is 5.11 Å². The molecule has 1 nitrogen and oxygen atoms in total. The van der Waals surface area contributed by atoms with E-state index in [2.05, 4.69) is 6.92 Å². The molecule has 18 heavy (non-hydrogen) atoms. The Morgan fingerprint density at radius 1 is 1.28 bits per heavy atom. The summed E-state index contributed by atoms with van der Waals surface area (Å²) < 4.78 is 13.0. The van der Waals surface area contributed by atoms with Gasteiger partial charge in [-0.15, -0.1) is 0 Å². The molecule has 1 atom stereocenters. The fourth-order valence-corrected chi connectivity index (χ4v) is 2.95. The minimum Gasteiger partial charge on any atom is -0.392 e. The second kappa shape index (κ2) is 5.83. The maximum absolute atomic E-state index is 13.0. The van der Waals surface area contributed by atoms with E-state index in [-0.39, 0.29) is 11.9 Å². The fourth-order valence-electron chi connectivity index (χ4n) is 2.95. The van der Waals surface area contributed by atoms with Crippen LogP contribution in [0.3, 0.4) is 0 Å². The summed E-state index contributed by atoms with van der Waals surface area (Å²) in [5, 5.41) is 10.3. The molecule has 0 heterocycles. The van der Waals surface area contributed by atoms with Crippen molar-refractivity contribution in [3.8, 4) is 0 Å². The van der Waals surface area contributed by atoms with Crippen molar-refractivity contribution in [3.05, 3.63) is 35.1 Å². The predicted molar refractivity (Wildman–Crippen MR) is 72.0 cm³/mol. The van der Waals surface area contributed by atoms with Gasteiger partial charge in [0.25, 0.3) is 0 Å². The van der Waals surface area contributed by atoms with Gasteiger partial charge in [0.15, 0.2) is 0 Å². The van der Waals surface area contributed by atoms with Crippen molar-refractivity contribution in [2.24, 2.45) is 11.8 Å². The van der Waals surface area contributed by atoms with Crippen LogP contribution in [-0.2, 0) is 6.42 Å². The standard InChI is InChI=1S/C16H23FO/c1-11-3-5-13(6-4-11)16(18)10-14-7-8-15(17)9-12(14)2/h7-9,11,13,16,18H,3-6,10H2,1-2H3. The van der Waals surface area contributed by atoms with Crippen molar-refractivity contribution >= 4 is 0 Å². The van der Waals surface area contributed by atoms with Gasteiger partial charge in [-0.1, -0.05) is 25.8 Å². The van der Waals surface area contributed by atoms with Crippen molar-refractivity contribution in [2.45, 2.75) is 52.1 Å². The summed E-state index contributed by atoms with van der Waals surface area (Å²) in [6.45, 7) is 4.20. The lowest BCUT2D eigenvalue weighted by Gasteiger charge is -2.30. The number of rotatable bonds is 3. The highest BCUT2D eigenvalue weighted by Gasteiger charge is 2.24. The third kappa shape index (κ3) is 3.32. The van der Waals surface area contributed by atoms with Crippen LogP contribution in [-0.4, -0.2) is 11.2 Å². The van der Waals surface area contributed by atoms with Gasteiger partial charge in [0.05, 0.1) is 6.10 Å². The molecule has 0 aliphatic heterocycles. The normalized spacial score (nSPS) is 26.0. The summed E-state index contributed by atoms with van der Waals surface area (Å²) >= 11 is 0. The molecule has 1 unspecified atom stereocenters. The van der Waals surface area contributed by atoms with Crippen LogP contribution in [0.1, 0.15) is 43.7 Å².